The molecule has 1 aliphatic heterocycles. The van der Waals surface area contributed by atoms with Crippen LogP contribution in [-0.4, -0.2) is 33.0 Å². The van der Waals surface area contributed by atoms with Crippen LogP contribution in [-0.2, 0) is 17.6 Å². The number of nitrogens with zero attached hydrogens (tertiary/aromatic N) is 2. The normalized spacial score (nSPS) is 15.7. The van der Waals surface area contributed by atoms with Crippen molar-refractivity contribution in [1.29, 1.82) is 0 Å². The predicted molar refractivity (Wildman–Crippen MR) is 126 cm³/mol. The van der Waals surface area contributed by atoms with Gasteiger partial charge in [0.25, 0.3) is 5.24 Å². The average molecular weight is 460 g/mol. The maximum atomic E-state index is 12.0. The highest BCUT2D eigenvalue weighted by Gasteiger charge is 2.32. The molecule has 0 aliphatic carbocycles. The number of amides is 1. The second-order valence-corrected chi connectivity index (χ2v) is 8.69. The number of carbonyl (C=O) groups is 2. The quantitative estimate of drug-likeness (QED) is 0.428. The molecule has 1 unspecified atom stereocenters. The first-order chi connectivity index (χ1) is 16.1. The lowest BCUT2D eigenvalue weighted by molar-refractivity contribution is -0.112. The number of rotatable bonds is 7. The molecule has 1 N–H and O–H groups in total. The van der Waals surface area contributed by atoms with Gasteiger partial charge in [-0.1, -0.05) is 42.5 Å². The molecule has 2 aromatic carbocycles. The first-order valence-corrected chi connectivity index (χ1v) is 11.4. The summed E-state index contributed by atoms with van der Waals surface area (Å²) in [4.78, 5) is 32.7. The number of aromatic nitrogens is 2. The second-order valence-electron chi connectivity index (χ2n) is 7.71. The third kappa shape index (κ3) is 4.47. The molecule has 5 rings (SSSR count). The van der Waals surface area contributed by atoms with Crippen molar-refractivity contribution in [2.24, 2.45) is 0 Å². The molecular formula is C25H21N3O4S. The van der Waals surface area contributed by atoms with Crippen molar-refractivity contribution in [3.8, 4) is 17.2 Å². The van der Waals surface area contributed by atoms with Crippen molar-refractivity contribution in [2.45, 2.75) is 25.8 Å². The van der Waals surface area contributed by atoms with E-state index in [-0.39, 0.29) is 10.4 Å². The van der Waals surface area contributed by atoms with Crippen molar-refractivity contribution in [3.63, 3.8) is 0 Å². The molecule has 8 heteroatoms. The smallest absolute Gasteiger partial charge is 0.287 e. The molecule has 1 atom stereocenters. The number of pyridine rings is 1. The van der Waals surface area contributed by atoms with Gasteiger partial charge in [0.15, 0.2) is 0 Å². The van der Waals surface area contributed by atoms with Gasteiger partial charge in [-0.3, -0.25) is 14.6 Å². The van der Waals surface area contributed by atoms with Crippen LogP contribution >= 0.6 is 11.8 Å². The Hall–Kier alpha value is -3.65. The van der Waals surface area contributed by atoms with E-state index in [0.717, 1.165) is 33.5 Å². The Balaban J connectivity index is 1.31. The van der Waals surface area contributed by atoms with Gasteiger partial charge >= 0.3 is 0 Å². The lowest BCUT2D eigenvalue weighted by Crippen LogP contribution is -2.31. The molecule has 2 aromatic heterocycles. The largest absolute Gasteiger partial charge is 0.491 e. The standard InChI is InChI=1S/C25H21N3O4S/c1-15-19(27-23(32-15)16-7-3-2-4-8-16)11-12-31-22-14-26-20(17-9-5-6-10-18(17)22)13-21-24(29)33-25(30)28-21/h2-10,14,21H,11-13H2,1H3,(H,28,30). The van der Waals surface area contributed by atoms with Crippen LogP contribution < -0.4 is 10.1 Å². The fraction of sp³-hybridized carbons (Fsp3) is 0.200. The molecule has 0 spiro atoms. The lowest BCUT2D eigenvalue weighted by Gasteiger charge is -2.13. The van der Waals surface area contributed by atoms with Gasteiger partial charge in [-0.05, 0) is 19.1 Å². The Morgan fingerprint density at radius 2 is 1.79 bits per heavy atom. The minimum atomic E-state index is -0.556. The van der Waals surface area contributed by atoms with E-state index in [1.807, 2.05) is 61.5 Å². The van der Waals surface area contributed by atoms with Crippen molar-refractivity contribution >= 4 is 32.9 Å². The Bertz CT molecular complexity index is 1340. The lowest BCUT2D eigenvalue weighted by atomic mass is 10.0. The summed E-state index contributed by atoms with van der Waals surface area (Å²) in [6.07, 6.45) is 2.62. The van der Waals surface area contributed by atoms with Gasteiger partial charge in [0.2, 0.25) is 11.0 Å². The molecule has 1 amide bonds. The highest BCUT2D eigenvalue weighted by molar-refractivity contribution is 8.26. The maximum Gasteiger partial charge on any atom is 0.287 e. The van der Waals surface area contributed by atoms with Crippen molar-refractivity contribution in [2.75, 3.05) is 6.61 Å². The second kappa shape index (κ2) is 9.07. The molecule has 1 fully saturated rings. The molecule has 4 aromatic rings. The van der Waals surface area contributed by atoms with E-state index >= 15 is 0 Å². The van der Waals surface area contributed by atoms with Crippen LogP contribution in [0.25, 0.3) is 22.2 Å². The summed E-state index contributed by atoms with van der Waals surface area (Å²) in [6.45, 7) is 2.32. The van der Waals surface area contributed by atoms with E-state index in [1.165, 1.54) is 0 Å². The van der Waals surface area contributed by atoms with Crippen LogP contribution in [0.4, 0.5) is 4.79 Å². The highest BCUT2D eigenvalue weighted by Crippen LogP contribution is 2.29. The van der Waals surface area contributed by atoms with Crippen molar-refractivity contribution in [1.82, 2.24) is 15.3 Å². The van der Waals surface area contributed by atoms with Crippen molar-refractivity contribution < 1.29 is 18.7 Å². The fourth-order valence-electron chi connectivity index (χ4n) is 3.85. The van der Waals surface area contributed by atoms with E-state index in [9.17, 15) is 9.59 Å². The Morgan fingerprint density at radius 3 is 2.55 bits per heavy atom. The summed E-state index contributed by atoms with van der Waals surface area (Å²) in [7, 11) is 0. The van der Waals surface area contributed by atoms with Crippen LogP contribution in [0.2, 0.25) is 0 Å². The van der Waals surface area contributed by atoms with Gasteiger partial charge in [-0.15, -0.1) is 0 Å². The van der Waals surface area contributed by atoms with E-state index in [2.05, 4.69) is 15.3 Å². The SMILES string of the molecule is Cc1oc(-c2ccccc2)nc1CCOc1cnc(CC2NC(=O)SC2=O)c2ccccc12. The summed E-state index contributed by atoms with van der Waals surface area (Å²) in [6, 6.07) is 17.0. The molecule has 0 bridgehead atoms. The van der Waals surface area contributed by atoms with Crippen LogP contribution in [0, 0.1) is 6.92 Å². The number of fused-ring (bicyclic) bond motifs is 1. The number of thioether (sulfide) groups is 1. The third-order valence-corrected chi connectivity index (χ3v) is 6.31. The molecule has 0 radical (unpaired) electrons. The monoisotopic (exact) mass is 459 g/mol. The highest BCUT2D eigenvalue weighted by atomic mass is 32.2. The number of hydrogen-bond donors (Lipinski definition) is 1. The van der Waals surface area contributed by atoms with Crippen LogP contribution in [0.15, 0.2) is 65.2 Å². The number of ether oxygens (including phenoxy) is 1. The minimum Gasteiger partial charge on any atom is -0.491 e. The van der Waals surface area contributed by atoms with E-state index in [4.69, 9.17) is 9.15 Å². The molecule has 0 saturated carbocycles. The van der Waals surface area contributed by atoms with Gasteiger partial charge in [0.05, 0.1) is 24.2 Å². The molecule has 3 heterocycles. The van der Waals surface area contributed by atoms with Gasteiger partial charge in [0, 0.05) is 40.9 Å². The number of aryl methyl sites for hydroxylation is 1. The van der Waals surface area contributed by atoms with Crippen LogP contribution in [0.5, 0.6) is 5.75 Å². The van der Waals surface area contributed by atoms with E-state index in [1.54, 1.807) is 6.20 Å². The number of oxazole rings is 1. The first-order valence-electron chi connectivity index (χ1n) is 10.6. The Kier molecular flexibility index (Phi) is 5.83. The zero-order valence-corrected chi connectivity index (χ0v) is 18.7. The zero-order chi connectivity index (χ0) is 22.8. The summed E-state index contributed by atoms with van der Waals surface area (Å²) in [5.74, 6) is 2.04. The number of hydrogen-bond acceptors (Lipinski definition) is 7. The zero-order valence-electron chi connectivity index (χ0n) is 17.9. The fourth-order valence-corrected chi connectivity index (χ4v) is 4.51. The van der Waals surface area contributed by atoms with Gasteiger partial charge in [-0.25, -0.2) is 4.98 Å². The number of benzene rings is 2. The molecular weight excluding hydrogens is 438 g/mol. The maximum absolute atomic E-state index is 12.0. The molecule has 1 saturated heterocycles. The van der Waals surface area contributed by atoms with Crippen LogP contribution in [0.1, 0.15) is 17.1 Å². The topological polar surface area (TPSA) is 94.3 Å². The average Bonchev–Trinajstić information content (AvgIpc) is 3.36. The minimum absolute atomic E-state index is 0.177. The van der Waals surface area contributed by atoms with Crippen LogP contribution in [0.3, 0.4) is 0 Å². The summed E-state index contributed by atoms with van der Waals surface area (Å²) in [5, 5.41) is 4.01. The first kappa shape index (κ1) is 21.2. The Labute approximate surface area is 194 Å². The Morgan fingerprint density at radius 1 is 1.03 bits per heavy atom. The van der Waals surface area contributed by atoms with E-state index in [0.29, 0.717) is 42.9 Å². The van der Waals surface area contributed by atoms with Crippen molar-refractivity contribution in [3.05, 3.63) is 77.9 Å². The van der Waals surface area contributed by atoms with Gasteiger partial charge in [-0.2, -0.15) is 0 Å². The third-order valence-electron chi connectivity index (χ3n) is 5.52. The summed E-state index contributed by atoms with van der Waals surface area (Å²) >= 11 is 0.712. The predicted octanol–water partition coefficient (Wildman–Crippen LogP) is 4.71. The van der Waals surface area contributed by atoms with E-state index < -0.39 is 6.04 Å². The summed E-state index contributed by atoms with van der Waals surface area (Å²) < 4.78 is 11.9. The number of carbonyl (C=O) groups excluding carboxylic acids is 2. The molecule has 1 aliphatic rings. The molecule has 33 heavy (non-hydrogen) atoms. The van der Waals surface area contributed by atoms with Gasteiger partial charge < -0.3 is 14.5 Å². The number of nitrogens with one attached hydrogen (secondary N) is 1. The molecule has 7 nitrogen and oxygen atoms in total. The van der Waals surface area contributed by atoms with Gasteiger partial charge in [0.1, 0.15) is 17.6 Å². The molecule has 166 valence electrons. The summed E-state index contributed by atoms with van der Waals surface area (Å²) in [5.41, 5.74) is 2.54.